The number of rotatable bonds is 4. The van der Waals surface area contributed by atoms with Gasteiger partial charge in [0.25, 0.3) is 5.56 Å². The summed E-state index contributed by atoms with van der Waals surface area (Å²) in [4.78, 5) is 30.7. The predicted octanol–water partition coefficient (Wildman–Crippen LogP) is 2.38. The number of benzene rings is 1. The summed E-state index contributed by atoms with van der Waals surface area (Å²) in [5, 5.41) is 2.97. The van der Waals surface area contributed by atoms with Crippen molar-refractivity contribution in [1.29, 1.82) is 0 Å². The number of hydrogen-bond acceptors (Lipinski definition) is 3. The summed E-state index contributed by atoms with van der Waals surface area (Å²) in [6.07, 6.45) is 6.28. The molecule has 0 aliphatic heterocycles. The van der Waals surface area contributed by atoms with Crippen molar-refractivity contribution in [2.24, 2.45) is 0 Å². The second-order valence-electron chi connectivity index (χ2n) is 6.52. The van der Waals surface area contributed by atoms with Crippen LogP contribution in [0.15, 0.2) is 29.2 Å². The van der Waals surface area contributed by atoms with Crippen LogP contribution < -0.4 is 10.9 Å². The summed E-state index contributed by atoms with van der Waals surface area (Å²) in [6, 6.07) is 6.40. The Balaban J connectivity index is 1.66. The molecule has 24 heavy (non-hydrogen) atoms. The topological polar surface area (TPSA) is 74.8 Å². The van der Waals surface area contributed by atoms with Gasteiger partial charge in [0.2, 0.25) is 5.91 Å². The number of nitrogens with zero attached hydrogens (tertiary/aromatic N) is 1. The first-order chi connectivity index (χ1) is 11.5. The number of aromatic nitrogens is 2. The van der Waals surface area contributed by atoms with Gasteiger partial charge in [-0.3, -0.25) is 9.59 Å². The lowest BCUT2D eigenvalue weighted by Gasteiger charge is -2.20. The van der Waals surface area contributed by atoms with Crippen LogP contribution in [-0.2, 0) is 24.1 Å². The number of carbonyl (C=O) groups is 1. The highest BCUT2D eigenvalue weighted by molar-refractivity contribution is 5.78. The Morgan fingerprint density at radius 1 is 1.29 bits per heavy atom. The highest BCUT2D eigenvalue weighted by atomic mass is 16.2. The first-order valence-corrected chi connectivity index (χ1v) is 8.49. The zero-order chi connectivity index (χ0) is 17.1. The fourth-order valence-corrected chi connectivity index (χ4v) is 3.21. The van der Waals surface area contributed by atoms with Gasteiger partial charge < -0.3 is 10.3 Å². The van der Waals surface area contributed by atoms with Crippen LogP contribution in [0.5, 0.6) is 0 Å². The first kappa shape index (κ1) is 16.4. The van der Waals surface area contributed by atoms with Crippen LogP contribution in [0.2, 0.25) is 0 Å². The smallest absolute Gasteiger partial charge is 0.254 e. The summed E-state index contributed by atoms with van der Waals surface area (Å²) >= 11 is 0. The molecule has 0 saturated heterocycles. The van der Waals surface area contributed by atoms with E-state index in [0.29, 0.717) is 11.4 Å². The Kier molecular flexibility index (Phi) is 4.79. The Morgan fingerprint density at radius 2 is 2.04 bits per heavy atom. The van der Waals surface area contributed by atoms with E-state index < -0.39 is 0 Å². The van der Waals surface area contributed by atoms with Crippen LogP contribution in [-0.4, -0.2) is 15.9 Å². The second-order valence-corrected chi connectivity index (χ2v) is 6.52. The molecule has 0 unspecified atom stereocenters. The largest absolute Gasteiger partial charge is 0.349 e. The van der Waals surface area contributed by atoms with E-state index in [1.54, 1.807) is 6.92 Å². The average molecular weight is 325 g/mol. The van der Waals surface area contributed by atoms with Crippen LogP contribution in [0.1, 0.15) is 53.9 Å². The highest BCUT2D eigenvalue weighted by Crippen LogP contribution is 2.24. The molecule has 1 aliphatic carbocycles. The molecule has 0 fully saturated rings. The van der Waals surface area contributed by atoms with Crippen LogP contribution in [0, 0.1) is 6.92 Å². The van der Waals surface area contributed by atoms with Crippen molar-refractivity contribution in [3.8, 4) is 0 Å². The molecular weight excluding hydrogens is 302 g/mol. The number of amides is 1. The molecular formula is C19H23N3O2. The van der Waals surface area contributed by atoms with Crippen LogP contribution in [0.4, 0.5) is 0 Å². The Labute approximate surface area is 141 Å². The van der Waals surface area contributed by atoms with Crippen LogP contribution >= 0.6 is 0 Å². The van der Waals surface area contributed by atoms with Crippen molar-refractivity contribution in [3.63, 3.8) is 0 Å². The third kappa shape index (κ3) is 3.72. The molecule has 126 valence electrons. The van der Waals surface area contributed by atoms with E-state index in [9.17, 15) is 9.59 Å². The maximum atomic E-state index is 12.2. The minimum Gasteiger partial charge on any atom is -0.349 e. The van der Waals surface area contributed by atoms with E-state index in [2.05, 4.69) is 33.5 Å². The predicted molar refractivity (Wildman–Crippen MR) is 92.9 cm³/mol. The summed E-state index contributed by atoms with van der Waals surface area (Å²) < 4.78 is 0. The average Bonchev–Trinajstić information content (AvgIpc) is 2.57. The maximum absolute atomic E-state index is 12.2. The van der Waals surface area contributed by atoms with Gasteiger partial charge in [0.05, 0.1) is 12.5 Å². The van der Waals surface area contributed by atoms with Crippen molar-refractivity contribution < 1.29 is 4.79 Å². The number of aromatic amines is 1. The summed E-state index contributed by atoms with van der Waals surface area (Å²) in [5.74, 6) is 0.378. The summed E-state index contributed by atoms with van der Waals surface area (Å²) in [5.41, 5.74) is 4.08. The quantitative estimate of drug-likeness (QED) is 0.906. The lowest BCUT2D eigenvalue weighted by atomic mass is 9.89. The van der Waals surface area contributed by atoms with E-state index >= 15 is 0 Å². The fourth-order valence-electron chi connectivity index (χ4n) is 3.21. The van der Waals surface area contributed by atoms with Gasteiger partial charge >= 0.3 is 0 Å². The zero-order valence-electron chi connectivity index (χ0n) is 14.2. The molecule has 3 rings (SSSR count). The zero-order valence-corrected chi connectivity index (χ0v) is 14.2. The van der Waals surface area contributed by atoms with Crippen LogP contribution in [0.25, 0.3) is 0 Å². The Morgan fingerprint density at radius 3 is 2.79 bits per heavy atom. The van der Waals surface area contributed by atoms with Gasteiger partial charge in [0.1, 0.15) is 5.82 Å². The normalized spacial score (nSPS) is 14.8. The highest BCUT2D eigenvalue weighted by Gasteiger charge is 2.15. The molecule has 0 bridgehead atoms. The molecule has 1 aliphatic rings. The summed E-state index contributed by atoms with van der Waals surface area (Å²) in [7, 11) is 0. The molecule has 1 aromatic carbocycles. The third-order valence-corrected chi connectivity index (χ3v) is 4.60. The van der Waals surface area contributed by atoms with Gasteiger partial charge in [0.15, 0.2) is 0 Å². The lowest BCUT2D eigenvalue weighted by molar-refractivity contribution is -0.121. The number of H-pyrrole nitrogens is 1. The van der Waals surface area contributed by atoms with Crippen molar-refractivity contribution in [2.75, 3.05) is 0 Å². The van der Waals surface area contributed by atoms with Crippen molar-refractivity contribution in [2.45, 2.75) is 52.0 Å². The molecule has 5 nitrogen and oxygen atoms in total. The van der Waals surface area contributed by atoms with Crippen molar-refractivity contribution in [3.05, 3.63) is 62.8 Å². The number of nitrogens with one attached hydrogen (secondary N) is 2. The van der Waals surface area contributed by atoms with E-state index in [-0.39, 0.29) is 23.9 Å². The fraction of sp³-hybridized carbons (Fsp3) is 0.421. The van der Waals surface area contributed by atoms with E-state index in [1.165, 1.54) is 30.2 Å². The first-order valence-electron chi connectivity index (χ1n) is 8.49. The summed E-state index contributed by atoms with van der Waals surface area (Å²) in [6.45, 7) is 3.68. The Hall–Kier alpha value is -2.43. The van der Waals surface area contributed by atoms with Crippen molar-refractivity contribution >= 4 is 5.91 Å². The minimum absolute atomic E-state index is 0.0396. The van der Waals surface area contributed by atoms with Gasteiger partial charge in [-0.1, -0.05) is 18.2 Å². The number of hydrogen-bond donors (Lipinski definition) is 2. The third-order valence-electron chi connectivity index (χ3n) is 4.60. The van der Waals surface area contributed by atoms with E-state index in [0.717, 1.165) is 18.4 Å². The standard InChI is InChI=1S/C19H23N3O2/c1-12(15-8-7-14-5-3-4-6-16(14)9-15)21-18(23)10-17-11-20-13(2)22-19(17)24/h7-9,11-12H,3-6,10H2,1-2H3,(H,21,23)(H,20,22,24)/t12-/m1/s1. The second kappa shape index (κ2) is 6.99. The number of aryl methyl sites for hydroxylation is 3. The molecule has 0 saturated carbocycles. The van der Waals surface area contributed by atoms with Gasteiger partial charge in [-0.25, -0.2) is 4.98 Å². The van der Waals surface area contributed by atoms with E-state index in [1.807, 2.05) is 6.92 Å². The van der Waals surface area contributed by atoms with Gasteiger partial charge in [-0.2, -0.15) is 0 Å². The van der Waals surface area contributed by atoms with Crippen LogP contribution in [0.3, 0.4) is 0 Å². The number of carbonyl (C=O) groups excluding carboxylic acids is 1. The molecule has 1 heterocycles. The van der Waals surface area contributed by atoms with Gasteiger partial charge in [-0.05, 0) is 56.2 Å². The molecule has 1 atom stereocenters. The molecule has 0 spiro atoms. The monoisotopic (exact) mass is 325 g/mol. The lowest BCUT2D eigenvalue weighted by Crippen LogP contribution is -2.30. The van der Waals surface area contributed by atoms with Gasteiger partial charge in [-0.15, -0.1) is 0 Å². The number of fused-ring (bicyclic) bond motifs is 1. The molecule has 2 aromatic rings. The maximum Gasteiger partial charge on any atom is 0.254 e. The molecule has 2 N–H and O–H groups in total. The van der Waals surface area contributed by atoms with E-state index in [4.69, 9.17) is 0 Å². The molecule has 1 amide bonds. The molecule has 0 radical (unpaired) electrons. The Bertz CT molecular complexity index is 810. The minimum atomic E-state index is -0.251. The SMILES string of the molecule is Cc1ncc(CC(=O)N[C@H](C)c2ccc3c(c2)CCCC3)c(=O)[nH]1. The van der Waals surface area contributed by atoms with Gasteiger partial charge in [0, 0.05) is 11.8 Å². The molecule has 5 heteroatoms. The molecule has 1 aromatic heterocycles. The van der Waals surface area contributed by atoms with Crippen molar-refractivity contribution in [1.82, 2.24) is 15.3 Å².